The van der Waals surface area contributed by atoms with Crippen LogP contribution in [0.1, 0.15) is 12.0 Å². The van der Waals surface area contributed by atoms with Gasteiger partial charge in [-0.2, -0.15) is 12.7 Å². The number of sulfonamides is 1. The average molecular weight is 565 g/mol. The molecular formula is C21H29ClN4O8S2. The highest BCUT2D eigenvalue weighted by Crippen LogP contribution is 2.29. The minimum absolute atomic E-state index is 0. The van der Waals surface area contributed by atoms with Gasteiger partial charge in [-0.1, -0.05) is 12.1 Å². The third-order valence-electron chi connectivity index (χ3n) is 4.76. The molecule has 4 N–H and O–H groups in total. The van der Waals surface area contributed by atoms with Crippen molar-refractivity contribution in [1.82, 2.24) is 4.31 Å². The van der Waals surface area contributed by atoms with Gasteiger partial charge in [-0.05, 0) is 41.9 Å². The maximum atomic E-state index is 13.1. The summed E-state index contributed by atoms with van der Waals surface area (Å²) in [5, 5.41) is 3.40. The Morgan fingerprint density at radius 3 is 2.31 bits per heavy atom. The number of guanidine groups is 1. The van der Waals surface area contributed by atoms with Crippen molar-refractivity contribution >= 4 is 38.5 Å². The van der Waals surface area contributed by atoms with E-state index in [-0.39, 0.29) is 68.5 Å². The van der Waals surface area contributed by atoms with Crippen molar-refractivity contribution in [3.05, 3.63) is 48.0 Å². The molecule has 1 aliphatic heterocycles. The predicted molar refractivity (Wildman–Crippen MR) is 134 cm³/mol. The number of morpholine rings is 1. The van der Waals surface area contributed by atoms with Crippen molar-refractivity contribution in [3.8, 4) is 11.5 Å². The zero-order valence-electron chi connectivity index (χ0n) is 19.5. The zero-order chi connectivity index (χ0) is 25.5. The van der Waals surface area contributed by atoms with Gasteiger partial charge in [-0.25, -0.2) is 8.42 Å². The summed E-state index contributed by atoms with van der Waals surface area (Å²) < 4.78 is 69.9. The van der Waals surface area contributed by atoms with E-state index in [9.17, 15) is 16.8 Å². The number of ether oxygens (including phenoxy) is 2. The maximum Gasteiger partial charge on any atom is 0.340 e. The Kier molecular flexibility index (Phi) is 10.6. The van der Waals surface area contributed by atoms with E-state index >= 15 is 0 Å². The Bertz CT molecular complexity index is 1260. The highest BCUT2D eigenvalue weighted by molar-refractivity contribution is 7.91. The average Bonchev–Trinajstić information content (AvgIpc) is 2.81. The summed E-state index contributed by atoms with van der Waals surface area (Å²) in [7, 11) is -8.57. The molecule has 0 aliphatic carbocycles. The van der Waals surface area contributed by atoms with Crippen LogP contribution in [0.4, 0.5) is 0 Å². The maximum absolute atomic E-state index is 13.1. The smallest absolute Gasteiger partial charge is 0.340 e. The van der Waals surface area contributed by atoms with Crippen LogP contribution in [-0.4, -0.2) is 66.6 Å². The summed E-state index contributed by atoms with van der Waals surface area (Å²) in [6.07, 6.45) is 0.464. The summed E-state index contributed by atoms with van der Waals surface area (Å²) in [5.41, 5.74) is 11.0. The van der Waals surface area contributed by atoms with Crippen LogP contribution in [-0.2, 0) is 29.7 Å². The quantitative estimate of drug-likeness (QED) is 0.133. The summed E-state index contributed by atoms with van der Waals surface area (Å²) in [5.74, 6) is 0.161. The molecule has 1 saturated heterocycles. The Balaban J connectivity index is 0.00000456. The van der Waals surface area contributed by atoms with Crippen molar-refractivity contribution in [2.75, 3.05) is 39.5 Å². The molecule has 1 heterocycles. The second kappa shape index (κ2) is 13.0. The highest BCUT2D eigenvalue weighted by atomic mass is 35.5. The van der Waals surface area contributed by atoms with Crippen LogP contribution in [0.15, 0.2) is 57.4 Å². The van der Waals surface area contributed by atoms with Crippen LogP contribution >= 0.6 is 12.4 Å². The van der Waals surface area contributed by atoms with Crippen molar-refractivity contribution in [2.45, 2.75) is 23.1 Å². The molecule has 0 unspecified atom stereocenters. The molecule has 0 amide bonds. The third-order valence-corrected chi connectivity index (χ3v) is 8.15. The number of nitrogens with two attached hydrogens (primary N) is 2. The third kappa shape index (κ3) is 7.86. The van der Waals surface area contributed by atoms with Crippen LogP contribution in [0.3, 0.4) is 0 Å². The topological polar surface area (TPSA) is 173 Å². The van der Waals surface area contributed by atoms with Crippen molar-refractivity contribution in [2.24, 2.45) is 16.6 Å². The lowest BCUT2D eigenvalue weighted by molar-refractivity contribution is 0.0729. The fourth-order valence-corrected chi connectivity index (χ4v) is 6.35. The first-order valence-electron chi connectivity index (χ1n) is 10.7. The van der Waals surface area contributed by atoms with Crippen molar-refractivity contribution in [3.63, 3.8) is 0 Å². The molecule has 15 heteroatoms. The van der Waals surface area contributed by atoms with Gasteiger partial charge in [0.25, 0.3) is 0 Å². The van der Waals surface area contributed by atoms with E-state index in [1.165, 1.54) is 40.7 Å². The van der Waals surface area contributed by atoms with Crippen LogP contribution in [0.2, 0.25) is 0 Å². The van der Waals surface area contributed by atoms with Gasteiger partial charge in [0.15, 0.2) is 0 Å². The normalized spacial score (nSPS) is 14.4. The van der Waals surface area contributed by atoms with Crippen LogP contribution < -0.4 is 20.4 Å². The summed E-state index contributed by atoms with van der Waals surface area (Å²) in [6, 6.07) is 9.95. The number of nitrogens with zero attached hydrogens (tertiary/aromatic N) is 2. The molecule has 1 fully saturated rings. The molecule has 0 radical (unpaired) electrons. The lowest BCUT2D eigenvalue weighted by atomic mass is 10.2. The van der Waals surface area contributed by atoms with E-state index < -0.39 is 25.0 Å². The Hall–Kier alpha value is -2.78. The standard InChI is InChI=1S/C21H28N4O8S2.ClH/c1-16-13-17(31-9-4-10-32-24-21(22)23)15-18(14-16)33-35(28,29)20-6-3-2-5-19(20)34(26,27)25-7-11-30-12-8-25;/h2-3,5-6,13-15H,4,7-12H2,1H3,(H4,22,23,24);1H. The van der Waals surface area contributed by atoms with Gasteiger partial charge < -0.3 is 30.0 Å². The van der Waals surface area contributed by atoms with Gasteiger partial charge in [0.2, 0.25) is 16.0 Å². The molecule has 2 aromatic carbocycles. The predicted octanol–water partition coefficient (Wildman–Crippen LogP) is 1.18. The zero-order valence-corrected chi connectivity index (χ0v) is 22.0. The minimum Gasteiger partial charge on any atom is -0.493 e. The molecule has 0 saturated carbocycles. The first-order chi connectivity index (χ1) is 16.6. The Morgan fingerprint density at radius 2 is 1.64 bits per heavy atom. The SMILES string of the molecule is Cc1cc(OCCCON=C(N)N)cc(OS(=O)(=O)c2ccccc2S(=O)(=O)N2CCOCC2)c1.Cl. The van der Waals surface area contributed by atoms with E-state index in [1.54, 1.807) is 13.0 Å². The Morgan fingerprint density at radius 1 is 1.00 bits per heavy atom. The molecule has 0 bridgehead atoms. The molecule has 0 spiro atoms. The number of oxime groups is 1. The largest absolute Gasteiger partial charge is 0.493 e. The summed E-state index contributed by atoms with van der Waals surface area (Å²) >= 11 is 0. The second-order valence-electron chi connectivity index (χ2n) is 7.53. The second-order valence-corrected chi connectivity index (χ2v) is 11.0. The first-order valence-corrected chi connectivity index (χ1v) is 13.5. The van der Waals surface area contributed by atoms with E-state index in [0.717, 1.165) is 0 Å². The van der Waals surface area contributed by atoms with E-state index in [4.69, 9.17) is 30.0 Å². The number of aryl methyl sites for hydroxylation is 1. The monoisotopic (exact) mass is 564 g/mol. The van der Waals surface area contributed by atoms with E-state index in [0.29, 0.717) is 17.7 Å². The molecule has 36 heavy (non-hydrogen) atoms. The highest BCUT2D eigenvalue weighted by Gasteiger charge is 2.33. The van der Waals surface area contributed by atoms with Gasteiger partial charge in [-0.3, -0.25) is 0 Å². The van der Waals surface area contributed by atoms with Gasteiger partial charge in [0.1, 0.15) is 27.9 Å². The van der Waals surface area contributed by atoms with Gasteiger partial charge in [0.05, 0.1) is 19.8 Å². The molecular weight excluding hydrogens is 536 g/mol. The molecule has 12 nitrogen and oxygen atoms in total. The molecule has 3 rings (SSSR count). The van der Waals surface area contributed by atoms with E-state index in [1.807, 2.05) is 0 Å². The molecule has 200 valence electrons. The molecule has 0 atom stereocenters. The Labute approximate surface area is 216 Å². The van der Waals surface area contributed by atoms with Crippen LogP contribution in [0.5, 0.6) is 11.5 Å². The summed E-state index contributed by atoms with van der Waals surface area (Å²) in [6.45, 7) is 2.94. The number of hydrogen-bond acceptors (Lipinski definition) is 9. The van der Waals surface area contributed by atoms with Gasteiger partial charge in [-0.15, -0.1) is 12.4 Å². The first kappa shape index (κ1) is 29.5. The van der Waals surface area contributed by atoms with Gasteiger partial charge >= 0.3 is 10.1 Å². The lowest BCUT2D eigenvalue weighted by Crippen LogP contribution is -2.41. The number of halogens is 1. The van der Waals surface area contributed by atoms with Crippen LogP contribution in [0.25, 0.3) is 0 Å². The fraction of sp³-hybridized carbons (Fsp3) is 0.381. The summed E-state index contributed by atoms with van der Waals surface area (Å²) in [4.78, 5) is 4.07. The van der Waals surface area contributed by atoms with Crippen molar-refractivity contribution in [1.29, 1.82) is 0 Å². The molecule has 2 aromatic rings. The van der Waals surface area contributed by atoms with E-state index in [2.05, 4.69) is 5.16 Å². The van der Waals surface area contributed by atoms with Gasteiger partial charge in [0, 0.05) is 25.6 Å². The number of rotatable bonds is 11. The number of hydrogen-bond donors (Lipinski definition) is 2. The molecule has 1 aliphatic rings. The van der Waals surface area contributed by atoms with Crippen molar-refractivity contribution < 1.29 is 35.3 Å². The molecule has 0 aromatic heterocycles. The lowest BCUT2D eigenvalue weighted by Gasteiger charge is -2.26. The van der Waals surface area contributed by atoms with Crippen LogP contribution in [0, 0.1) is 6.92 Å². The fourth-order valence-electron chi connectivity index (χ4n) is 3.25. The number of benzene rings is 2. The minimum atomic E-state index is -4.49.